The Balaban J connectivity index is 1.87. The largest absolute Gasteiger partial charge is 0.454 e. The molecule has 0 amide bonds. The second-order valence-electron chi connectivity index (χ2n) is 6.56. The van der Waals surface area contributed by atoms with Crippen molar-refractivity contribution < 1.29 is 9.47 Å². The Labute approximate surface area is 132 Å². The molecule has 2 aromatic carbocycles. The maximum absolute atomic E-state index is 5.53. The van der Waals surface area contributed by atoms with E-state index in [4.69, 9.17) is 14.5 Å². The lowest BCUT2D eigenvalue weighted by Crippen LogP contribution is -2.15. The summed E-state index contributed by atoms with van der Waals surface area (Å²) in [4.78, 5) is 6.18. The van der Waals surface area contributed by atoms with Gasteiger partial charge in [-0.3, -0.25) is 4.98 Å². The monoisotopic (exact) mass is 309 g/mol. The molecule has 0 bridgehead atoms. The number of fused-ring (bicyclic) bond motifs is 6. The van der Waals surface area contributed by atoms with Gasteiger partial charge in [-0.15, -0.1) is 11.8 Å². The Morgan fingerprint density at radius 2 is 1.91 bits per heavy atom. The predicted octanol–water partition coefficient (Wildman–Crippen LogP) is 4.50. The Bertz CT molecular complexity index is 949. The van der Waals surface area contributed by atoms with Gasteiger partial charge in [0.25, 0.3) is 0 Å². The summed E-state index contributed by atoms with van der Waals surface area (Å²) in [5.74, 6) is 2.75. The van der Waals surface area contributed by atoms with Gasteiger partial charge in [-0.1, -0.05) is 26.0 Å². The lowest BCUT2D eigenvalue weighted by atomic mass is 9.87. The highest BCUT2D eigenvalue weighted by molar-refractivity contribution is 8.00. The van der Waals surface area contributed by atoms with Gasteiger partial charge in [0.05, 0.1) is 5.52 Å². The molecule has 0 radical (unpaired) electrons. The van der Waals surface area contributed by atoms with Crippen LogP contribution in [0.3, 0.4) is 0 Å². The fourth-order valence-electron chi connectivity index (χ4n) is 3.32. The second kappa shape index (κ2) is 4.07. The van der Waals surface area contributed by atoms with Gasteiger partial charge < -0.3 is 9.47 Å². The minimum absolute atomic E-state index is 0.199. The minimum Gasteiger partial charge on any atom is -0.454 e. The number of nitrogens with zero attached hydrogens (tertiary/aromatic N) is 1. The van der Waals surface area contributed by atoms with Crippen LogP contribution in [0.15, 0.2) is 35.4 Å². The average Bonchev–Trinajstić information content (AvgIpc) is 3.08. The van der Waals surface area contributed by atoms with Gasteiger partial charge in [0.15, 0.2) is 11.5 Å². The van der Waals surface area contributed by atoms with Crippen molar-refractivity contribution >= 4 is 33.4 Å². The summed E-state index contributed by atoms with van der Waals surface area (Å²) in [5.41, 5.74) is 2.62. The first-order valence-electron chi connectivity index (χ1n) is 7.42. The van der Waals surface area contributed by atoms with Crippen molar-refractivity contribution in [1.82, 2.24) is 4.98 Å². The Morgan fingerprint density at radius 3 is 2.77 bits per heavy atom. The van der Waals surface area contributed by atoms with Crippen LogP contribution in [0.25, 0.3) is 21.7 Å². The fourth-order valence-corrected chi connectivity index (χ4v) is 4.79. The number of rotatable bonds is 0. The number of hydrogen-bond donors (Lipinski definition) is 0. The van der Waals surface area contributed by atoms with Crippen LogP contribution in [0.2, 0.25) is 0 Å². The molecule has 0 atom stereocenters. The predicted molar refractivity (Wildman–Crippen MR) is 89.1 cm³/mol. The minimum atomic E-state index is 0.199. The van der Waals surface area contributed by atoms with E-state index in [-0.39, 0.29) is 5.41 Å². The van der Waals surface area contributed by atoms with Gasteiger partial charge in [-0.2, -0.15) is 0 Å². The molecule has 0 unspecified atom stereocenters. The van der Waals surface area contributed by atoms with Gasteiger partial charge in [0.1, 0.15) is 0 Å². The summed E-state index contributed by atoms with van der Waals surface area (Å²) in [5, 5.41) is 3.53. The molecule has 4 heteroatoms. The van der Waals surface area contributed by atoms with E-state index in [2.05, 4.69) is 38.2 Å². The van der Waals surface area contributed by atoms with E-state index in [0.717, 1.165) is 33.5 Å². The molecule has 0 spiro atoms. The van der Waals surface area contributed by atoms with Crippen LogP contribution in [-0.2, 0) is 5.41 Å². The molecule has 3 nitrogen and oxygen atoms in total. The third kappa shape index (κ3) is 1.56. The maximum Gasteiger partial charge on any atom is 0.231 e. The molecule has 3 heterocycles. The average molecular weight is 309 g/mol. The van der Waals surface area contributed by atoms with Crippen LogP contribution < -0.4 is 9.47 Å². The first-order valence-corrected chi connectivity index (χ1v) is 8.40. The molecule has 2 aliphatic rings. The standard InChI is InChI=1S/C18H15NO2S/c1-18(2)8-22-17-11-4-3-10-5-14-15(21-9-20-14)6-12(10)16(11)19-7-13(17)18/h3-7H,8-9H2,1-2H3. The molecule has 22 heavy (non-hydrogen) atoms. The normalized spacial score (nSPS) is 18.1. The van der Waals surface area contributed by atoms with Crippen molar-refractivity contribution in [2.45, 2.75) is 24.2 Å². The van der Waals surface area contributed by atoms with E-state index in [1.54, 1.807) is 0 Å². The molecule has 1 aromatic heterocycles. The second-order valence-corrected chi connectivity index (χ2v) is 7.55. The maximum atomic E-state index is 5.53. The molecule has 2 aliphatic heterocycles. The molecule has 0 aliphatic carbocycles. The van der Waals surface area contributed by atoms with Crippen LogP contribution in [0.5, 0.6) is 11.5 Å². The first kappa shape index (κ1) is 12.6. The number of pyridine rings is 1. The van der Waals surface area contributed by atoms with Gasteiger partial charge >= 0.3 is 0 Å². The Morgan fingerprint density at radius 1 is 1.09 bits per heavy atom. The fraction of sp³-hybridized carbons (Fsp3) is 0.278. The van der Waals surface area contributed by atoms with E-state index < -0.39 is 0 Å². The van der Waals surface area contributed by atoms with Crippen LogP contribution in [-0.4, -0.2) is 17.5 Å². The molecule has 0 fully saturated rings. The molecule has 0 saturated carbocycles. The lowest BCUT2D eigenvalue weighted by molar-refractivity contribution is 0.174. The first-order chi connectivity index (χ1) is 10.6. The van der Waals surface area contributed by atoms with Crippen molar-refractivity contribution in [3.63, 3.8) is 0 Å². The Kier molecular flexibility index (Phi) is 2.33. The van der Waals surface area contributed by atoms with Crippen molar-refractivity contribution in [2.75, 3.05) is 12.5 Å². The molecule has 0 N–H and O–H groups in total. The lowest BCUT2D eigenvalue weighted by Gasteiger charge is -2.17. The third-order valence-electron chi connectivity index (χ3n) is 4.60. The summed E-state index contributed by atoms with van der Waals surface area (Å²) >= 11 is 1.94. The van der Waals surface area contributed by atoms with Gasteiger partial charge in [-0.05, 0) is 23.1 Å². The van der Waals surface area contributed by atoms with Crippen molar-refractivity contribution in [1.29, 1.82) is 0 Å². The van der Waals surface area contributed by atoms with Gasteiger partial charge in [0.2, 0.25) is 6.79 Å². The smallest absolute Gasteiger partial charge is 0.231 e. The quantitative estimate of drug-likeness (QED) is 0.572. The SMILES string of the molecule is CC1(C)CSc2c1cnc1c2ccc2cc3c(cc21)OCO3. The van der Waals surface area contributed by atoms with E-state index >= 15 is 0 Å². The zero-order chi connectivity index (χ0) is 14.9. The Hall–Kier alpha value is -1.94. The van der Waals surface area contributed by atoms with E-state index in [1.165, 1.54) is 15.8 Å². The summed E-state index contributed by atoms with van der Waals surface area (Å²) in [7, 11) is 0. The third-order valence-corrected chi connectivity index (χ3v) is 6.20. The highest BCUT2D eigenvalue weighted by atomic mass is 32.2. The highest BCUT2D eigenvalue weighted by Crippen LogP contribution is 2.47. The zero-order valence-corrected chi connectivity index (χ0v) is 13.3. The number of thioether (sulfide) groups is 1. The van der Waals surface area contributed by atoms with Gasteiger partial charge in [-0.25, -0.2) is 0 Å². The molecular weight excluding hydrogens is 294 g/mol. The molecule has 110 valence electrons. The van der Waals surface area contributed by atoms with Crippen LogP contribution in [0, 0.1) is 0 Å². The molecule has 5 rings (SSSR count). The zero-order valence-electron chi connectivity index (χ0n) is 12.5. The van der Waals surface area contributed by atoms with E-state index in [0.29, 0.717) is 6.79 Å². The summed E-state index contributed by atoms with van der Waals surface area (Å²) in [6.45, 7) is 4.88. The summed E-state index contributed by atoms with van der Waals surface area (Å²) in [6, 6.07) is 8.46. The molecule has 0 saturated heterocycles. The van der Waals surface area contributed by atoms with Crippen molar-refractivity contribution in [3.05, 3.63) is 36.0 Å². The van der Waals surface area contributed by atoms with E-state index in [1.807, 2.05) is 17.8 Å². The van der Waals surface area contributed by atoms with Crippen molar-refractivity contribution in [3.8, 4) is 11.5 Å². The number of hydrogen-bond acceptors (Lipinski definition) is 4. The summed E-state index contributed by atoms with van der Waals surface area (Å²) in [6.07, 6.45) is 2.06. The number of ether oxygens (including phenoxy) is 2. The van der Waals surface area contributed by atoms with Crippen LogP contribution in [0.4, 0.5) is 0 Å². The van der Waals surface area contributed by atoms with Crippen LogP contribution in [0.1, 0.15) is 19.4 Å². The summed E-state index contributed by atoms with van der Waals surface area (Å²) < 4.78 is 11.0. The van der Waals surface area contributed by atoms with Gasteiger partial charge in [0, 0.05) is 33.0 Å². The molecular formula is C18H15NO2S. The topological polar surface area (TPSA) is 31.4 Å². The van der Waals surface area contributed by atoms with Crippen LogP contribution >= 0.6 is 11.8 Å². The number of aromatic nitrogens is 1. The number of benzene rings is 2. The van der Waals surface area contributed by atoms with E-state index in [9.17, 15) is 0 Å². The highest BCUT2D eigenvalue weighted by Gasteiger charge is 2.32. The van der Waals surface area contributed by atoms with Crippen molar-refractivity contribution in [2.24, 2.45) is 0 Å². The molecule has 3 aromatic rings.